The molecule has 4 nitrogen and oxygen atoms in total. The molecule has 0 heterocycles. The average Bonchev–Trinajstić information content (AvgIpc) is 1.98. The summed E-state index contributed by atoms with van der Waals surface area (Å²) in [7, 11) is 0. The lowest BCUT2D eigenvalue weighted by molar-refractivity contribution is 1.36. The summed E-state index contributed by atoms with van der Waals surface area (Å²) in [6, 6.07) is 0. The first-order chi connectivity index (χ1) is 4.68. The summed E-state index contributed by atoms with van der Waals surface area (Å²) in [5.74, 6) is 0. The van der Waals surface area contributed by atoms with Crippen molar-refractivity contribution in [2.24, 2.45) is 4.99 Å². The first kappa shape index (κ1) is 6.67. The van der Waals surface area contributed by atoms with E-state index in [-0.39, 0.29) is 11.4 Å². The molecule has 0 saturated carbocycles. The summed E-state index contributed by atoms with van der Waals surface area (Å²) in [5.41, 5.74) is 3.99. The molecule has 0 aliphatic carbocycles. The minimum absolute atomic E-state index is 0.0249. The van der Waals surface area contributed by atoms with Gasteiger partial charge in [0.2, 0.25) is 0 Å². The lowest BCUT2D eigenvalue weighted by atomic mass is 10.2. The van der Waals surface area contributed by atoms with Gasteiger partial charge >= 0.3 is 0 Å². The van der Waals surface area contributed by atoms with E-state index in [2.05, 4.69) is 4.99 Å². The number of nitrogens with two attached hydrogens (primary N) is 1. The quantitative estimate of drug-likeness (QED) is 0.423. The molecule has 0 fully saturated rings. The fourth-order valence-electron chi connectivity index (χ4n) is 0.654. The summed E-state index contributed by atoms with van der Waals surface area (Å²) in [4.78, 5) is 24.6. The standard InChI is InChI=1S/C6H6N2O2/c1-2-8-4-3(7)5(9)6(4)10/h2H,7H2,1H3. The highest BCUT2D eigenvalue weighted by Gasteiger charge is 2.15. The van der Waals surface area contributed by atoms with E-state index in [1.54, 1.807) is 6.92 Å². The number of nitrogens with zero attached hydrogens (tertiary/aromatic N) is 1. The van der Waals surface area contributed by atoms with Crippen molar-refractivity contribution in [2.75, 3.05) is 5.73 Å². The normalized spacial score (nSPS) is 11.3. The third kappa shape index (κ3) is 0.655. The van der Waals surface area contributed by atoms with Crippen LogP contribution in [0.1, 0.15) is 6.92 Å². The molecule has 2 N–H and O–H groups in total. The van der Waals surface area contributed by atoms with Crippen LogP contribution < -0.4 is 16.6 Å². The lowest BCUT2D eigenvalue weighted by Gasteiger charge is -1.97. The van der Waals surface area contributed by atoms with Crippen molar-refractivity contribution >= 4 is 17.6 Å². The zero-order valence-corrected chi connectivity index (χ0v) is 5.42. The molecule has 0 atom stereocenters. The van der Waals surface area contributed by atoms with E-state index in [1.165, 1.54) is 6.21 Å². The second-order valence-electron chi connectivity index (χ2n) is 1.81. The third-order valence-corrected chi connectivity index (χ3v) is 1.18. The van der Waals surface area contributed by atoms with E-state index in [0.717, 1.165) is 0 Å². The molecule has 1 aromatic rings. The van der Waals surface area contributed by atoms with Crippen LogP contribution in [-0.4, -0.2) is 6.21 Å². The van der Waals surface area contributed by atoms with Crippen LogP contribution >= 0.6 is 0 Å². The van der Waals surface area contributed by atoms with Gasteiger partial charge in [0, 0.05) is 6.21 Å². The molecule has 0 amide bonds. The van der Waals surface area contributed by atoms with Gasteiger partial charge in [0.1, 0.15) is 11.4 Å². The van der Waals surface area contributed by atoms with Gasteiger partial charge in [0.05, 0.1) is 0 Å². The molecular formula is C6H6N2O2. The van der Waals surface area contributed by atoms with Crippen LogP contribution in [-0.2, 0) is 0 Å². The largest absolute Gasteiger partial charge is 0.394 e. The maximum absolute atomic E-state index is 10.6. The van der Waals surface area contributed by atoms with E-state index in [9.17, 15) is 9.59 Å². The molecule has 0 unspecified atom stereocenters. The number of nitrogen functional groups attached to an aromatic ring is 1. The number of rotatable bonds is 1. The van der Waals surface area contributed by atoms with Crippen molar-refractivity contribution in [1.82, 2.24) is 0 Å². The van der Waals surface area contributed by atoms with E-state index in [1.807, 2.05) is 0 Å². The number of hydrogen-bond donors (Lipinski definition) is 1. The second-order valence-corrected chi connectivity index (χ2v) is 1.81. The van der Waals surface area contributed by atoms with Gasteiger partial charge in [-0.05, 0) is 6.92 Å². The van der Waals surface area contributed by atoms with Gasteiger partial charge in [-0.25, -0.2) is 0 Å². The van der Waals surface area contributed by atoms with Gasteiger partial charge in [-0.1, -0.05) is 0 Å². The van der Waals surface area contributed by atoms with Gasteiger partial charge in [0.15, 0.2) is 0 Å². The van der Waals surface area contributed by atoms with Gasteiger partial charge in [-0.2, -0.15) is 0 Å². The molecule has 0 aliphatic rings. The Hall–Kier alpha value is -1.45. The first-order valence-corrected chi connectivity index (χ1v) is 2.76. The molecule has 1 aromatic carbocycles. The molecule has 0 saturated heterocycles. The van der Waals surface area contributed by atoms with Gasteiger partial charge in [0.25, 0.3) is 10.9 Å². The summed E-state index contributed by atoms with van der Waals surface area (Å²) in [6.45, 7) is 1.65. The molecule has 10 heavy (non-hydrogen) atoms. The Balaban J connectivity index is 3.23. The maximum Gasteiger partial charge on any atom is 0.255 e. The fraction of sp³-hybridized carbons (Fsp3) is 0.167. The topological polar surface area (TPSA) is 72.5 Å². The van der Waals surface area contributed by atoms with Crippen molar-refractivity contribution in [3.8, 4) is 0 Å². The minimum Gasteiger partial charge on any atom is -0.394 e. The molecule has 0 bridgehead atoms. The highest BCUT2D eigenvalue weighted by atomic mass is 16.2. The summed E-state index contributed by atoms with van der Waals surface area (Å²) >= 11 is 0. The average molecular weight is 138 g/mol. The lowest BCUT2D eigenvalue weighted by Crippen LogP contribution is -2.33. The van der Waals surface area contributed by atoms with Crippen molar-refractivity contribution in [3.05, 3.63) is 20.4 Å². The van der Waals surface area contributed by atoms with E-state index < -0.39 is 10.9 Å². The molecule has 0 aliphatic heterocycles. The van der Waals surface area contributed by atoms with E-state index >= 15 is 0 Å². The number of anilines is 1. The Morgan fingerprint density at radius 2 is 2.00 bits per heavy atom. The zero-order valence-electron chi connectivity index (χ0n) is 5.42. The Morgan fingerprint density at radius 1 is 1.40 bits per heavy atom. The minimum atomic E-state index is -0.624. The molecule has 0 spiro atoms. The van der Waals surface area contributed by atoms with E-state index in [0.29, 0.717) is 0 Å². The molecule has 4 heteroatoms. The first-order valence-electron chi connectivity index (χ1n) is 2.76. The Morgan fingerprint density at radius 3 is 2.40 bits per heavy atom. The Kier molecular flexibility index (Phi) is 1.37. The zero-order chi connectivity index (χ0) is 7.72. The van der Waals surface area contributed by atoms with Crippen molar-refractivity contribution in [1.29, 1.82) is 0 Å². The van der Waals surface area contributed by atoms with Crippen LogP contribution in [0.2, 0.25) is 0 Å². The van der Waals surface area contributed by atoms with Crippen LogP contribution in [0.5, 0.6) is 0 Å². The van der Waals surface area contributed by atoms with Crippen LogP contribution in [0.25, 0.3) is 0 Å². The van der Waals surface area contributed by atoms with Crippen LogP contribution in [0.3, 0.4) is 0 Å². The number of hydrogen-bond acceptors (Lipinski definition) is 4. The Labute approximate surface area is 56.7 Å². The SMILES string of the molecule is CC=Nc1c(N)c(=O)c1=O. The predicted molar refractivity (Wildman–Crippen MR) is 39.6 cm³/mol. The molecule has 0 radical (unpaired) electrons. The molecular weight excluding hydrogens is 132 g/mol. The van der Waals surface area contributed by atoms with Gasteiger partial charge < -0.3 is 5.73 Å². The maximum atomic E-state index is 10.6. The summed E-state index contributed by atoms with van der Waals surface area (Å²) in [6.07, 6.45) is 1.42. The van der Waals surface area contributed by atoms with E-state index in [4.69, 9.17) is 5.73 Å². The second kappa shape index (κ2) is 2.06. The van der Waals surface area contributed by atoms with Crippen LogP contribution in [0, 0.1) is 0 Å². The van der Waals surface area contributed by atoms with Crippen molar-refractivity contribution < 1.29 is 0 Å². The van der Waals surface area contributed by atoms with Crippen molar-refractivity contribution in [3.63, 3.8) is 0 Å². The van der Waals surface area contributed by atoms with Gasteiger partial charge in [-0.15, -0.1) is 0 Å². The molecule has 0 aromatic heterocycles. The fourth-order valence-corrected chi connectivity index (χ4v) is 0.654. The predicted octanol–water partition coefficient (Wildman–Crippen LogP) is -0.413. The third-order valence-electron chi connectivity index (χ3n) is 1.18. The highest BCUT2D eigenvalue weighted by Crippen LogP contribution is 2.11. The number of aliphatic imine (C=N–C) groups is 1. The van der Waals surface area contributed by atoms with Gasteiger partial charge in [-0.3, -0.25) is 14.6 Å². The summed E-state index contributed by atoms with van der Waals surface area (Å²) < 4.78 is 0. The van der Waals surface area contributed by atoms with Crippen LogP contribution in [0.15, 0.2) is 14.6 Å². The Bertz CT molecular complexity index is 344. The van der Waals surface area contributed by atoms with Crippen LogP contribution in [0.4, 0.5) is 11.4 Å². The monoisotopic (exact) mass is 138 g/mol. The smallest absolute Gasteiger partial charge is 0.255 e. The molecule has 1 rings (SSSR count). The summed E-state index contributed by atoms with van der Waals surface area (Å²) in [5, 5.41) is 0. The molecule has 52 valence electrons. The highest BCUT2D eigenvalue weighted by molar-refractivity contribution is 5.73. The van der Waals surface area contributed by atoms with Crippen molar-refractivity contribution in [2.45, 2.75) is 6.92 Å².